The van der Waals surface area contributed by atoms with Gasteiger partial charge in [-0.3, -0.25) is 9.10 Å². The molecule has 0 fully saturated rings. The van der Waals surface area contributed by atoms with Gasteiger partial charge in [0, 0.05) is 0 Å². The van der Waals surface area contributed by atoms with Crippen molar-refractivity contribution in [3.63, 3.8) is 0 Å². The molecule has 37 heavy (non-hydrogen) atoms. The number of ether oxygens (including phenoxy) is 2. The highest BCUT2D eigenvalue weighted by Gasteiger charge is 2.27. The van der Waals surface area contributed by atoms with E-state index in [1.54, 1.807) is 42.5 Å². The van der Waals surface area contributed by atoms with Crippen molar-refractivity contribution >= 4 is 51.0 Å². The molecule has 0 saturated carbocycles. The number of nitrogens with one attached hydrogen (secondary N) is 1. The van der Waals surface area contributed by atoms with E-state index in [1.165, 1.54) is 36.5 Å². The van der Waals surface area contributed by atoms with Crippen molar-refractivity contribution in [2.24, 2.45) is 5.10 Å². The fourth-order valence-electron chi connectivity index (χ4n) is 3.16. The van der Waals surface area contributed by atoms with E-state index >= 15 is 0 Å². The molecular weight excluding hydrogens is 537 g/mol. The molecule has 8 nitrogen and oxygen atoms in total. The Balaban J connectivity index is 1.80. The van der Waals surface area contributed by atoms with Crippen molar-refractivity contribution in [1.82, 2.24) is 5.43 Å². The highest BCUT2D eigenvalue weighted by molar-refractivity contribution is 7.92. The Kier molecular flexibility index (Phi) is 9.96. The first-order chi connectivity index (χ1) is 17.8. The summed E-state index contributed by atoms with van der Waals surface area (Å²) in [5, 5.41) is 4.37. The maximum Gasteiger partial charge on any atom is 0.264 e. The van der Waals surface area contributed by atoms with Crippen molar-refractivity contribution in [2.75, 3.05) is 24.1 Å². The molecule has 3 aromatic carbocycles. The van der Waals surface area contributed by atoms with Gasteiger partial charge < -0.3 is 9.47 Å². The van der Waals surface area contributed by atoms with Gasteiger partial charge in [-0.15, -0.1) is 0 Å². The fraction of sp³-hybridized carbons (Fsp3) is 0.154. The SMILES string of the molecule is C=CCOc1ccc(/C=N\NC(=O)CN(c2ccc(Cl)c(Cl)c2)S(=O)(=O)c2ccccc2)cc1OCC. The second-order valence-corrected chi connectivity index (χ2v) is 10.1. The van der Waals surface area contributed by atoms with Gasteiger partial charge in [-0.2, -0.15) is 5.10 Å². The van der Waals surface area contributed by atoms with Crippen LogP contribution in [0.15, 0.2) is 89.4 Å². The van der Waals surface area contributed by atoms with E-state index < -0.39 is 22.5 Å². The third-order valence-electron chi connectivity index (χ3n) is 4.84. The Bertz CT molecular complexity index is 1380. The molecule has 11 heteroatoms. The van der Waals surface area contributed by atoms with Gasteiger partial charge in [-0.05, 0) is 61.0 Å². The average Bonchev–Trinajstić information content (AvgIpc) is 2.89. The Hall–Kier alpha value is -3.53. The summed E-state index contributed by atoms with van der Waals surface area (Å²) in [6, 6.07) is 17.2. The van der Waals surface area contributed by atoms with Crippen LogP contribution in [0.2, 0.25) is 10.0 Å². The molecule has 0 aliphatic heterocycles. The molecule has 3 aromatic rings. The van der Waals surface area contributed by atoms with E-state index in [0.29, 0.717) is 30.3 Å². The van der Waals surface area contributed by atoms with E-state index in [0.717, 1.165) is 4.31 Å². The van der Waals surface area contributed by atoms with Crippen LogP contribution in [0.25, 0.3) is 0 Å². The Labute approximate surface area is 226 Å². The molecule has 0 bridgehead atoms. The van der Waals surface area contributed by atoms with Crippen LogP contribution in [0.4, 0.5) is 5.69 Å². The van der Waals surface area contributed by atoms with Gasteiger partial charge in [-0.1, -0.05) is 54.1 Å². The number of benzene rings is 3. The summed E-state index contributed by atoms with van der Waals surface area (Å²) < 4.78 is 38.8. The summed E-state index contributed by atoms with van der Waals surface area (Å²) in [6.45, 7) is 5.68. The van der Waals surface area contributed by atoms with Crippen molar-refractivity contribution in [3.8, 4) is 11.5 Å². The molecule has 1 amide bonds. The predicted octanol–water partition coefficient (Wildman–Crippen LogP) is 5.30. The average molecular weight is 562 g/mol. The second kappa shape index (κ2) is 13.1. The summed E-state index contributed by atoms with van der Waals surface area (Å²) in [5.74, 6) is 0.392. The lowest BCUT2D eigenvalue weighted by Gasteiger charge is -2.24. The number of carbonyl (C=O) groups excluding carboxylic acids is 1. The monoisotopic (exact) mass is 561 g/mol. The van der Waals surface area contributed by atoms with E-state index in [4.69, 9.17) is 32.7 Å². The lowest BCUT2D eigenvalue weighted by Crippen LogP contribution is -2.39. The van der Waals surface area contributed by atoms with Crippen molar-refractivity contribution in [2.45, 2.75) is 11.8 Å². The molecule has 194 valence electrons. The van der Waals surface area contributed by atoms with Gasteiger partial charge in [-0.25, -0.2) is 13.8 Å². The molecule has 0 aliphatic rings. The normalized spacial score (nSPS) is 11.2. The zero-order valence-electron chi connectivity index (χ0n) is 19.9. The Morgan fingerprint density at radius 2 is 1.78 bits per heavy atom. The number of sulfonamides is 1. The summed E-state index contributed by atoms with van der Waals surface area (Å²) in [5.41, 5.74) is 3.17. The number of nitrogens with zero attached hydrogens (tertiary/aromatic N) is 2. The highest BCUT2D eigenvalue weighted by atomic mass is 35.5. The van der Waals surface area contributed by atoms with Crippen LogP contribution in [0.3, 0.4) is 0 Å². The minimum Gasteiger partial charge on any atom is -0.490 e. The minimum absolute atomic E-state index is 0.0135. The third-order valence-corrected chi connectivity index (χ3v) is 7.36. The molecule has 0 atom stereocenters. The first-order valence-electron chi connectivity index (χ1n) is 11.1. The van der Waals surface area contributed by atoms with E-state index in [9.17, 15) is 13.2 Å². The quantitative estimate of drug-likeness (QED) is 0.184. The summed E-state index contributed by atoms with van der Waals surface area (Å²) in [4.78, 5) is 12.8. The lowest BCUT2D eigenvalue weighted by molar-refractivity contribution is -0.119. The standard InChI is InChI=1S/C26H25Cl2N3O5S/c1-3-14-36-24-13-10-19(15-25(24)35-4-2)17-29-30-26(32)18-31(20-11-12-22(27)23(28)16-20)37(33,34)21-8-6-5-7-9-21/h3,5-13,15-17H,1,4,14,18H2,2H3,(H,30,32)/b29-17-. The molecule has 3 rings (SSSR count). The van der Waals surface area contributed by atoms with Crippen LogP contribution in [0.5, 0.6) is 11.5 Å². The molecule has 0 heterocycles. The van der Waals surface area contributed by atoms with Gasteiger partial charge in [0.05, 0.1) is 33.4 Å². The van der Waals surface area contributed by atoms with Crippen molar-refractivity contribution in [3.05, 3.63) is 95.0 Å². The Morgan fingerprint density at radius 1 is 1.03 bits per heavy atom. The summed E-state index contributed by atoms with van der Waals surface area (Å²) in [6.07, 6.45) is 3.03. The third kappa shape index (κ3) is 7.48. The molecule has 1 N–H and O–H groups in total. The number of hydrogen-bond donors (Lipinski definition) is 1. The Morgan fingerprint density at radius 3 is 2.46 bits per heavy atom. The number of halogens is 2. The first-order valence-corrected chi connectivity index (χ1v) is 13.3. The molecule has 0 spiro atoms. The van der Waals surface area contributed by atoms with Gasteiger partial charge in [0.25, 0.3) is 15.9 Å². The second-order valence-electron chi connectivity index (χ2n) is 7.46. The lowest BCUT2D eigenvalue weighted by atomic mass is 10.2. The van der Waals surface area contributed by atoms with Crippen LogP contribution in [0, 0.1) is 0 Å². The topological polar surface area (TPSA) is 97.3 Å². The van der Waals surface area contributed by atoms with E-state index in [1.807, 2.05) is 6.92 Å². The van der Waals surface area contributed by atoms with Crippen LogP contribution < -0.4 is 19.2 Å². The fourth-order valence-corrected chi connectivity index (χ4v) is 4.89. The smallest absolute Gasteiger partial charge is 0.264 e. The van der Waals surface area contributed by atoms with Gasteiger partial charge >= 0.3 is 0 Å². The maximum absolute atomic E-state index is 13.4. The zero-order valence-corrected chi connectivity index (χ0v) is 22.3. The molecule has 0 saturated heterocycles. The molecule has 0 radical (unpaired) electrons. The number of anilines is 1. The van der Waals surface area contributed by atoms with Crippen molar-refractivity contribution < 1.29 is 22.7 Å². The maximum atomic E-state index is 13.4. The summed E-state index contributed by atoms with van der Waals surface area (Å²) in [7, 11) is -4.10. The van der Waals surface area contributed by atoms with Gasteiger partial charge in [0.2, 0.25) is 0 Å². The first kappa shape index (κ1) is 28.0. The number of rotatable bonds is 12. The van der Waals surface area contributed by atoms with Gasteiger partial charge in [0.15, 0.2) is 11.5 Å². The van der Waals surface area contributed by atoms with E-state index in [-0.39, 0.29) is 20.6 Å². The zero-order chi connectivity index (χ0) is 26.8. The number of hydrogen-bond acceptors (Lipinski definition) is 6. The van der Waals surface area contributed by atoms with Crippen molar-refractivity contribution in [1.29, 1.82) is 0 Å². The summed E-state index contributed by atoms with van der Waals surface area (Å²) >= 11 is 12.1. The minimum atomic E-state index is -4.10. The number of hydrazone groups is 1. The van der Waals surface area contributed by atoms with Crippen LogP contribution in [0.1, 0.15) is 12.5 Å². The molecular formula is C26H25Cl2N3O5S. The molecule has 0 unspecified atom stereocenters. The van der Waals surface area contributed by atoms with Crippen LogP contribution >= 0.6 is 23.2 Å². The molecule has 0 aliphatic carbocycles. The highest BCUT2D eigenvalue weighted by Crippen LogP contribution is 2.30. The van der Waals surface area contributed by atoms with Gasteiger partial charge in [0.1, 0.15) is 13.2 Å². The van der Waals surface area contributed by atoms with E-state index in [2.05, 4.69) is 17.1 Å². The van der Waals surface area contributed by atoms with Crippen LogP contribution in [-0.2, 0) is 14.8 Å². The predicted molar refractivity (Wildman–Crippen MR) is 146 cm³/mol. The largest absolute Gasteiger partial charge is 0.490 e. The van der Waals surface area contributed by atoms with Crippen LogP contribution in [-0.4, -0.2) is 40.3 Å². The molecule has 0 aromatic heterocycles. The number of amides is 1. The number of carbonyl (C=O) groups is 1.